The lowest BCUT2D eigenvalue weighted by Gasteiger charge is -2.26. The van der Waals surface area contributed by atoms with E-state index in [1.165, 1.54) is 75.8 Å². The van der Waals surface area contributed by atoms with Crippen LogP contribution in [0.5, 0.6) is 0 Å². The molecule has 0 saturated heterocycles. The summed E-state index contributed by atoms with van der Waals surface area (Å²) >= 11 is 1.86. The summed E-state index contributed by atoms with van der Waals surface area (Å²) in [6, 6.07) is 69.0. The molecule has 0 fully saturated rings. The Morgan fingerprint density at radius 2 is 0.943 bits per heavy atom. The zero-order valence-electron chi connectivity index (χ0n) is 29.8. The fraction of sp³-hybridized carbons (Fsp3) is 0.0588. The molecular weight excluding hydrogens is 659 g/mol. The first-order valence-corrected chi connectivity index (χ1v) is 19.2. The quantitative estimate of drug-likeness (QED) is 0.167. The molecule has 0 unspecified atom stereocenters. The lowest BCUT2D eigenvalue weighted by molar-refractivity contribution is 0.661. The standard InChI is InChI=1S/C51H37NS/c1-51(2)46-23-14-22-40(34-15-6-3-7-16-34)50(46)45-32-43(35-17-8-4-9-18-35)44(33-47(45)51)36-25-27-38(28-26-36)52(37-19-10-5-11-20-37)39-29-30-42-41-21-12-13-24-48(41)53-49(42)31-39/h3-33H,1-2H3. The predicted octanol–water partition coefficient (Wildman–Crippen LogP) is 14.8. The number of hydrogen-bond donors (Lipinski definition) is 0. The third kappa shape index (κ3) is 5.21. The summed E-state index contributed by atoms with van der Waals surface area (Å²) in [6.45, 7) is 4.76. The molecule has 2 heteroatoms. The Morgan fingerprint density at radius 3 is 1.68 bits per heavy atom. The van der Waals surface area contributed by atoms with Crippen LogP contribution in [-0.4, -0.2) is 0 Å². The van der Waals surface area contributed by atoms with Crippen molar-refractivity contribution < 1.29 is 0 Å². The van der Waals surface area contributed by atoms with Crippen LogP contribution in [0.3, 0.4) is 0 Å². The maximum Gasteiger partial charge on any atom is 0.0476 e. The molecule has 252 valence electrons. The zero-order chi connectivity index (χ0) is 35.5. The topological polar surface area (TPSA) is 3.24 Å². The van der Waals surface area contributed by atoms with Gasteiger partial charge in [-0.3, -0.25) is 0 Å². The fourth-order valence-corrected chi connectivity index (χ4v) is 9.59. The second-order valence-corrected chi connectivity index (χ2v) is 15.6. The Morgan fingerprint density at radius 1 is 0.377 bits per heavy atom. The minimum atomic E-state index is -0.144. The zero-order valence-corrected chi connectivity index (χ0v) is 30.6. The van der Waals surface area contributed by atoms with E-state index in [0.29, 0.717) is 0 Å². The van der Waals surface area contributed by atoms with Gasteiger partial charge < -0.3 is 4.90 Å². The number of hydrogen-bond acceptors (Lipinski definition) is 2. The van der Waals surface area contributed by atoms with E-state index >= 15 is 0 Å². The van der Waals surface area contributed by atoms with E-state index < -0.39 is 0 Å². The van der Waals surface area contributed by atoms with Crippen LogP contribution in [0.2, 0.25) is 0 Å². The van der Waals surface area contributed by atoms with Gasteiger partial charge >= 0.3 is 0 Å². The van der Waals surface area contributed by atoms with Gasteiger partial charge in [-0.15, -0.1) is 11.3 Å². The van der Waals surface area contributed by atoms with Crippen molar-refractivity contribution in [3.63, 3.8) is 0 Å². The second-order valence-electron chi connectivity index (χ2n) is 14.5. The van der Waals surface area contributed by atoms with E-state index in [9.17, 15) is 0 Å². The molecule has 1 aliphatic carbocycles. The number of rotatable bonds is 6. The van der Waals surface area contributed by atoms with Crippen molar-refractivity contribution in [3.8, 4) is 44.5 Å². The van der Waals surface area contributed by atoms with Gasteiger partial charge in [0, 0.05) is 42.6 Å². The van der Waals surface area contributed by atoms with Crippen molar-refractivity contribution in [3.05, 3.63) is 199 Å². The SMILES string of the molecule is CC1(C)c2cc(-c3ccc(N(c4ccccc4)c4ccc5c(c4)sc4ccccc45)cc3)c(-c3ccccc3)cc2-c2c(-c3ccccc3)cccc21. The molecule has 1 aliphatic rings. The van der Waals surface area contributed by atoms with Gasteiger partial charge in [-0.25, -0.2) is 0 Å². The van der Waals surface area contributed by atoms with Crippen LogP contribution < -0.4 is 4.90 Å². The van der Waals surface area contributed by atoms with E-state index in [2.05, 4.69) is 207 Å². The number of para-hydroxylation sites is 1. The van der Waals surface area contributed by atoms with Crippen molar-refractivity contribution in [2.75, 3.05) is 4.90 Å². The Kier molecular flexibility index (Phi) is 7.42. The molecule has 8 aromatic carbocycles. The fourth-order valence-electron chi connectivity index (χ4n) is 8.45. The van der Waals surface area contributed by atoms with E-state index in [1.807, 2.05) is 11.3 Å². The van der Waals surface area contributed by atoms with Crippen LogP contribution in [0.15, 0.2) is 188 Å². The molecule has 0 bridgehead atoms. The number of nitrogens with zero attached hydrogens (tertiary/aromatic N) is 1. The summed E-state index contributed by atoms with van der Waals surface area (Å²) in [7, 11) is 0. The summed E-state index contributed by atoms with van der Waals surface area (Å²) < 4.78 is 2.62. The Balaban J connectivity index is 1.12. The van der Waals surface area contributed by atoms with E-state index in [4.69, 9.17) is 0 Å². The lowest BCUT2D eigenvalue weighted by atomic mass is 9.80. The Labute approximate surface area is 315 Å². The summed E-state index contributed by atoms with van der Waals surface area (Å²) in [5.74, 6) is 0. The predicted molar refractivity (Wildman–Crippen MR) is 228 cm³/mol. The third-order valence-electron chi connectivity index (χ3n) is 11.1. The molecule has 10 rings (SSSR count). The molecular formula is C51H37NS. The highest BCUT2D eigenvalue weighted by Crippen LogP contribution is 2.54. The van der Waals surface area contributed by atoms with Gasteiger partial charge in [0.25, 0.3) is 0 Å². The molecule has 0 atom stereocenters. The van der Waals surface area contributed by atoms with Crippen LogP contribution in [0.1, 0.15) is 25.0 Å². The third-order valence-corrected chi connectivity index (χ3v) is 12.2. The summed E-state index contributed by atoms with van der Waals surface area (Å²) in [5, 5.41) is 2.63. The number of anilines is 3. The molecule has 0 amide bonds. The van der Waals surface area contributed by atoms with Crippen LogP contribution in [0, 0.1) is 0 Å². The number of fused-ring (bicyclic) bond motifs is 6. The van der Waals surface area contributed by atoms with Gasteiger partial charge in [-0.05, 0) is 110 Å². The molecule has 0 aliphatic heterocycles. The first kappa shape index (κ1) is 31.5. The molecule has 0 N–H and O–H groups in total. The van der Waals surface area contributed by atoms with Crippen molar-refractivity contribution in [1.29, 1.82) is 0 Å². The molecule has 0 saturated carbocycles. The summed E-state index contributed by atoms with van der Waals surface area (Å²) in [4.78, 5) is 2.37. The highest BCUT2D eigenvalue weighted by Gasteiger charge is 2.38. The van der Waals surface area contributed by atoms with Crippen molar-refractivity contribution in [2.24, 2.45) is 0 Å². The van der Waals surface area contributed by atoms with Gasteiger partial charge in [0.05, 0.1) is 0 Å². The highest BCUT2D eigenvalue weighted by atomic mass is 32.1. The highest BCUT2D eigenvalue weighted by molar-refractivity contribution is 7.25. The molecule has 0 radical (unpaired) electrons. The second kappa shape index (κ2) is 12.5. The van der Waals surface area contributed by atoms with Crippen LogP contribution >= 0.6 is 11.3 Å². The molecule has 53 heavy (non-hydrogen) atoms. The van der Waals surface area contributed by atoms with Crippen LogP contribution in [0.4, 0.5) is 17.1 Å². The first-order valence-electron chi connectivity index (χ1n) is 18.3. The van der Waals surface area contributed by atoms with Gasteiger partial charge in [0.15, 0.2) is 0 Å². The van der Waals surface area contributed by atoms with E-state index in [0.717, 1.165) is 17.1 Å². The van der Waals surface area contributed by atoms with E-state index in [1.54, 1.807) is 0 Å². The Hall–Kier alpha value is -6.22. The molecule has 1 heterocycles. The smallest absolute Gasteiger partial charge is 0.0476 e. The molecule has 0 spiro atoms. The normalized spacial score (nSPS) is 12.9. The largest absolute Gasteiger partial charge is 0.310 e. The summed E-state index contributed by atoms with van der Waals surface area (Å²) in [5.41, 5.74) is 16.2. The van der Waals surface area contributed by atoms with Crippen LogP contribution in [-0.2, 0) is 5.41 Å². The lowest BCUT2D eigenvalue weighted by Crippen LogP contribution is -2.15. The monoisotopic (exact) mass is 695 g/mol. The van der Waals surface area contributed by atoms with Gasteiger partial charge in [-0.2, -0.15) is 0 Å². The van der Waals surface area contributed by atoms with Crippen molar-refractivity contribution in [2.45, 2.75) is 19.3 Å². The minimum absolute atomic E-state index is 0.144. The maximum absolute atomic E-state index is 2.48. The summed E-state index contributed by atoms with van der Waals surface area (Å²) in [6.07, 6.45) is 0. The van der Waals surface area contributed by atoms with Gasteiger partial charge in [-0.1, -0.05) is 147 Å². The van der Waals surface area contributed by atoms with Crippen molar-refractivity contribution >= 4 is 48.6 Å². The van der Waals surface area contributed by atoms with Gasteiger partial charge in [0.2, 0.25) is 0 Å². The number of thiophene rings is 1. The average Bonchev–Trinajstić information content (AvgIpc) is 3.70. The maximum atomic E-state index is 2.48. The molecule has 9 aromatic rings. The first-order chi connectivity index (χ1) is 26.0. The minimum Gasteiger partial charge on any atom is -0.310 e. The van der Waals surface area contributed by atoms with Crippen LogP contribution in [0.25, 0.3) is 64.7 Å². The number of benzene rings is 8. The van der Waals surface area contributed by atoms with Gasteiger partial charge in [0.1, 0.15) is 0 Å². The van der Waals surface area contributed by atoms with E-state index in [-0.39, 0.29) is 5.41 Å². The average molecular weight is 696 g/mol. The molecule has 1 aromatic heterocycles. The molecule has 1 nitrogen and oxygen atoms in total. The Bertz CT molecular complexity index is 2780. The van der Waals surface area contributed by atoms with Crippen molar-refractivity contribution in [1.82, 2.24) is 0 Å².